The molecule has 0 aromatic carbocycles. The molecule has 2 N–H and O–H groups in total. The molecule has 0 fully saturated rings. The summed E-state index contributed by atoms with van der Waals surface area (Å²) in [5.41, 5.74) is 0. The molecule has 0 spiro atoms. The van der Waals surface area contributed by atoms with E-state index in [4.69, 9.17) is 0 Å². The fourth-order valence-electron chi connectivity index (χ4n) is 3.28. The average Bonchev–Trinajstić information content (AvgIpc) is 2.56. The summed E-state index contributed by atoms with van der Waals surface area (Å²) < 4.78 is 0. The van der Waals surface area contributed by atoms with Crippen LogP contribution in [0.5, 0.6) is 0 Å². The first kappa shape index (κ1) is 22.9. The first-order valence-electron chi connectivity index (χ1n) is 10.2. The molecule has 3 atom stereocenters. The molecule has 140 valence electrons. The average molecular weight is 330 g/mol. The Balaban J connectivity index is 3.72. The largest absolute Gasteiger partial charge is 0.378 e. The Kier molecular flexibility index (Phi) is 15.3. The van der Waals surface area contributed by atoms with E-state index in [1.807, 2.05) is 18.7 Å². The van der Waals surface area contributed by atoms with E-state index in [9.17, 15) is 10.2 Å². The summed E-state index contributed by atoms with van der Waals surface area (Å²) in [7, 11) is 0. The summed E-state index contributed by atoms with van der Waals surface area (Å²) in [4.78, 5) is 1.88. The predicted molar refractivity (Wildman–Crippen MR) is 100 cm³/mol. The summed E-state index contributed by atoms with van der Waals surface area (Å²) in [6, 6.07) is 0.244. The van der Waals surface area contributed by atoms with Crippen LogP contribution >= 0.6 is 0 Å². The minimum Gasteiger partial charge on any atom is -0.378 e. The van der Waals surface area contributed by atoms with Crippen molar-refractivity contribution in [2.24, 2.45) is 0 Å². The Bertz CT molecular complexity index is 238. The highest BCUT2D eigenvalue weighted by Gasteiger charge is 2.25. The molecule has 0 saturated heterocycles. The Labute approximate surface area is 145 Å². The zero-order valence-electron chi connectivity index (χ0n) is 16.3. The molecule has 23 heavy (non-hydrogen) atoms. The fourth-order valence-corrected chi connectivity index (χ4v) is 3.28. The highest BCUT2D eigenvalue weighted by Crippen LogP contribution is 2.18. The number of hydrogen-bond donors (Lipinski definition) is 2. The van der Waals surface area contributed by atoms with Crippen molar-refractivity contribution in [3.63, 3.8) is 0 Å². The topological polar surface area (TPSA) is 43.7 Å². The standard InChI is InChI=1S/C20H43NO2/c1-5-8-9-10-11-12-13-14-15-16-17-18(4)21(19(22)6-2)20(23)7-3/h18-20,22-23H,5-17H2,1-4H3. The molecule has 3 heteroatoms. The zero-order chi connectivity index (χ0) is 17.5. The van der Waals surface area contributed by atoms with Crippen LogP contribution in [0, 0.1) is 0 Å². The second kappa shape index (κ2) is 15.4. The van der Waals surface area contributed by atoms with Crippen molar-refractivity contribution in [1.82, 2.24) is 4.90 Å². The Hall–Kier alpha value is -0.120. The molecule has 0 bridgehead atoms. The first-order chi connectivity index (χ1) is 11.1. The van der Waals surface area contributed by atoms with Crippen LogP contribution in [0.15, 0.2) is 0 Å². The summed E-state index contributed by atoms with van der Waals surface area (Å²) >= 11 is 0. The van der Waals surface area contributed by atoms with E-state index in [0.29, 0.717) is 12.8 Å². The zero-order valence-corrected chi connectivity index (χ0v) is 16.3. The molecule has 0 aromatic rings. The third-order valence-corrected chi connectivity index (χ3v) is 4.90. The van der Waals surface area contributed by atoms with Gasteiger partial charge in [0.25, 0.3) is 0 Å². The van der Waals surface area contributed by atoms with Crippen molar-refractivity contribution in [1.29, 1.82) is 0 Å². The van der Waals surface area contributed by atoms with Crippen molar-refractivity contribution < 1.29 is 10.2 Å². The van der Waals surface area contributed by atoms with Gasteiger partial charge in [0.2, 0.25) is 0 Å². The molecule has 0 aromatic heterocycles. The van der Waals surface area contributed by atoms with Gasteiger partial charge in [-0.1, -0.05) is 85.0 Å². The molecule has 0 aliphatic rings. The second-order valence-corrected chi connectivity index (χ2v) is 7.04. The molecule has 0 rings (SSSR count). The Morgan fingerprint density at radius 3 is 1.43 bits per heavy atom. The number of aliphatic hydroxyl groups excluding tert-OH is 2. The van der Waals surface area contributed by atoms with Crippen LogP contribution < -0.4 is 0 Å². The van der Waals surface area contributed by atoms with Crippen molar-refractivity contribution in [2.45, 2.75) is 130 Å². The van der Waals surface area contributed by atoms with Crippen molar-refractivity contribution in [2.75, 3.05) is 0 Å². The van der Waals surface area contributed by atoms with Crippen LogP contribution in [0.1, 0.15) is 111 Å². The lowest BCUT2D eigenvalue weighted by molar-refractivity contribution is -0.125. The number of unbranched alkanes of at least 4 members (excludes halogenated alkanes) is 9. The lowest BCUT2D eigenvalue weighted by atomic mass is 10.0. The maximum atomic E-state index is 10.1. The Morgan fingerprint density at radius 1 is 0.652 bits per heavy atom. The monoisotopic (exact) mass is 329 g/mol. The number of hydrogen-bond acceptors (Lipinski definition) is 3. The lowest BCUT2D eigenvalue weighted by Crippen LogP contribution is -2.48. The second-order valence-electron chi connectivity index (χ2n) is 7.04. The molecule has 3 unspecified atom stereocenters. The van der Waals surface area contributed by atoms with E-state index in [2.05, 4.69) is 13.8 Å². The van der Waals surface area contributed by atoms with Crippen LogP contribution in [0.25, 0.3) is 0 Å². The number of nitrogens with zero attached hydrogens (tertiary/aromatic N) is 1. The quantitative estimate of drug-likeness (QED) is 0.292. The van der Waals surface area contributed by atoms with Gasteiger partial charge in [-0.2, -0.15) is 0 Å². The molecular formula is C20H43NO2. The molecule has 0 saturated carbocycles. The highest BCUT2D eigenvalue weighted by molar-refractivity contribution is 4.72. The van der Waals surface area contributed by atoms with Crippen molar-refractivity contribution in [3.8, 4) is 0 Å². The van der Waals surface area contributed by atoms with Gasteiger partial charge in [0.05, 0.1) is 0 Å². The summed E-state index contributed by atoms with van der Waals surface area (Å²) in [5.74, 6) is 0. The third-order valence-electron chi connectivity index (χ3n) is 4.90. The highest BCUT2D eigenvalue weighted by atomic mass is 16.3. The van der Waals surface area contributed by atoms with E-state index in [0.717, 1.165) is 6.42 Å². The van der Waals surface area contributed by atoms with Gasteiger partial charge in [-0.15, -0.1) is 0 Å². The van der Waals surface area contributed by atoms with E-state index in [1.54, 1.807) is 0 Å². The van der Waals surface area contributed by atoms with E-state index < -0.39 is 12.5 Å². The molecule has 0 amide bonds. The van der Waals surface area contributed by atoms with Crippen LogP contribution in [-0.2, 0) is 0 Å². The van der Waals surface area contributed by atoms with Gasteiger partial charge in [-0.05, 0) is 26.2 Å². The molecular weight excluding hydrogens is 286 g/mol. The molecule has 3 nitrogen and oxygen atoms in total. The summed E-state index contributed by atoms with van der Waals surface area (Å²) in [6.07, 6.45) is 14.8. The van der Waals surface area contributed by atoms with Gasteiger partial charge in [0, 0.05) is 6.04 Å². The van der Waals surface area contributed by atoms with E-state index in [1.165, 1.54) is 64.2 Å². The number of aliphatic hydroxyl groups is 2. The van der Waals surface area contributed by atoms with Gasteiger partial charge in [0.1, 0.15) is 12.5 Å². The van der Waals surface area contributed by atoms with Crippen LogP contribution in [0.3, 0.4) is 0 Å². The SMILES string of the molecule is CCCCCCCCCCCCC(C)N(C(O)CC)C(O)CC. The minimum atomic E-state index is -0.525. The summed E-state index contributed by atoms with van der Waals surface area (Å²) in [5, 5.41) is 20.2. The third kappa shape index (κ3) is 11.1. The van der Waals surface area contributed by atoms with Gasteiger partial charge >= 0.3 is 0 Å². The fraction of sp³-hybridized carbons (Fsp3) is 1.00. The Morgan fingerprint density at radius 2 is 1.04 bits per heavy atom. The van der Waals surface area contributed by atoms with Gasteiger partial charge in [-0.3, -0.25) is 4.90 Å². The van der Waals surface area contributed by atoms with Gasteiger partial charge < -0.3 is 10.2 Å². The van der Waals surface area contributed by atoms with Crippen molar-refractivity contribution >= 4 is 0 Å². The molecule has 0 radical (unpaired) electrons. The maximum Gasteiger partial charge on any atom is 0.109 e. The molecule has 0 aliphatic carbocycles. The van der Waals surface area contributed by atoms with Gasteiger partial charge in [0.15, 0.2) is 0 Å². The number of rotatable bonds is 16. The van der Waals surface area contributed by atoms with Crippen molar-refractivity contribution in [3.05, 3.63) is 0 Å². The van der Waals surface area contributed by atoms with Crippen LogP contribution in [0.2, 0.25) is 0 Å². The first-order valence-corrected chi connectivity index (χ1v) is 10.2. The minimum absolute atomic E-state index is 0.244. The summed E-state index contributed by atoms with van der Waals surface area (Å²) in [6.45, 7) is 8.33. The lowest BCUT2D eigenvalue weighted by Gasteiger charge is -2.36. The van der Waals surface area contributed by atoms with Crippen LogP contribution in [0.4, 0.5) is 0 Å². The van der Waals surface area contributed by atoms with E-state index >= 15 is 0 Å². The predicted octanol–water partition coefficient (Wildman–Crippen LogP) is 5.44. The molecule has 0 heterocycles. The maximum absolute atomic E-state index is 10.1. The smallest absolute Gasteiger partial charge is 0.109 e. The normalized spacial score (nSPS) is 15.8. The molecule has 0 aliphatic heterocycles. The van der Waals surface area contributed by atoms with Gasteiger partial charge in [-0.25, -0.2) is 0 Å². The van der Waals surface area contributed by atoms with Crippen LogP contribution in [-0.4, -0.2) is 33.6 Å². The van der Waals surface area contributed by atoms with E-state index in [-0.39, 0.29) is 6.04 Å².